The van der Waals surface area contributed by atoms with Crippen molar-refractivity contribution in [3.8, 4) is 0 Å². The van der Waals surface area contributed by atoms with Crippen LogP contribution in [0.2, 0.25) is 0 Å². The van der Waals surface area contributed by atoms with Crippen molar-refractivity contribution in [2.75, 3.05) is 24.7 Å². The highest BCUT2D eigenvalue weighted by Gasteiger charge is 1.99. The van der Waals surface area contributed by atoms with Crippen LogP contribution in [0, 0.1) is 0 Å². The van der Waals surface area contributed by atoms with Gasteiger partial charge < -0.3 is 9.47 Å². The number of ether oxygens (including phenoxy) is 2. The van der Waals surface area contributed by atoms with Crippen LogP contribution in [-0.4, -0.2) is 30.8 Å². The maximum atomic E-state index is 10.4. The Hall–Kier alpha value is -0.0900. The second-order valence-electron chi connectivity index (χ2n) is 1.34. The van der Waals surface area contributed by atoms with E-state index < -0.39 is 6.16 Å². The van der Waals surface area contributed by atoms with E-state index in [0.717, 1.165) is 5.75 Å². The summed E-state index contributed by atoms with van der Waals surface area (Å²) < 4.78 is 8.84. The molecule has 0 rings (SSSR count). The topological polar surface area (TPSA) is 35.5 Å². The molecule has 0 fully saturated rings. The monoisotopic (exact) mass is 184 g/mol. The molecule has 3 nitrogen and oxygen atoms in total. The van der Waals surface area contributed by atoms with Crippen LogP contribution in [0.5, 0.6) is 0 Å². The molecule has 0 aromatic rings. The van der Waals surface area contributed by atoms with Crippen LogP contribution >= 0.6 is 23.4 Å². The number of carbonyl (C=O) groups is 1. The Balaban J connectivity index is 3.05. The van der Waals surface area contributed by atoms with Crippen LogP contribution in [0.15, 0.2) is 0 Å². The average molecular weight is 185 g/mol. The molecule has 0 aliphatic heterocycles. The summed E-state index contributed by atoms with van der Waals surface area (Å²) in [5, 5.41) is 0. The first-order valence-corrected chi connectivity index (χ1v) is 4.58. The third-order valence-electron chi connectivity index (χ3n) is 0.680. The maximum Gasteiger partial charge on any atom is 0.509 e. The lowest BCUT2D eigenvalue weighted by Crippen LogP contribution is -2.08. The second-order valence-corrected chi connectivity index (χ2v) is 2.55. The van der Waals surface area contributed by atoms with Crippen molar-refractivity contribution in [1.29, 1.82) is 0 Å². The van der Waals surface area contributed by atoms with Gasteiger partial charge in [0.2, 0.25) is 0 Å². The van der Waals surface area contributed by atoms with Crippen molar-refractivity contribution in [1.82, 2.24) is 0 Å². The predicted octanol–water partition coefficient (Wildman–Crippen LogP) is 1.70. The number of halogens is 1. The minimum absolute atomic E-state index is 0.155. The Morgan fingerprint density at radius 3 is 2.80 bits per heavy atom. The van der Waals surface area contributed by atoms with Gasteiger partial charge in [-0.2, -0.15) is 11.8 Å². The summed E-state index contributed by atoms with van der Waals surface area (Å²) in [5.41, 5.74) is 0. The lowest BCUT2D eigenvalue weighted by atomic mass is 10.9. The highest BCUT2D eigenvalue weighted by molar-refractivity contribution is 7.98. The van der Waals surface area contributed by atoms with Gasteiger partial charge in [0.15, 0.2) is 6.07 Å². The third-order valence-corrected chi connectivity index (χ3v) is 1.36. The van der Waals surface area contributed by atoms with Gasteiger partial charge in [-0.1, -0.05) is 11.6 Å². The average Bonchev–Trinajstić information content (AvgIpc) is 1.89. The summed E-state index contributed by atoms with van der Waals surface area (Å²) in [6.45, 7) is 0.372. The van der Waals surface area contributed by atoms with Crippen LogP contribution < -0.4 is 0 Å². The van der Waals surface area contributed by atoms with E-state index in [1.807, 2.05) is 6.26 Å². The van der Waals surface area contributed by atoms with Gasteiger partial charge >= 0.3 is 6.16 Å². The van der Waals surface area contributed by atoms with Crippen LogP contribution in [0.3, 0.4) is 0 Å². The summed E-state index contributed by atoms with van der Waals surface area (Å²) in [7, 11) is 0. The zero-order valence-electron chi connectivity index (χ0n) is 5.63. The highest BCUT2D eigenvalue weighted by atomic mass is 35.5. The number of alkyl halides is 1. The van der Waals surface area contributed by atoms with Gasteiger partial charge in [0.25, 0.3) is 0 Å². The van der Waals surface area contributed by atoms with Gasteiger partial charge in [-0.05, 0) is 6.26 Å². The van der Waals surface area contributed by atoms with Gasteiger partial charge in [-0.25, -0.2) is 4.79 Å². The van der Waals surface area contributed by atoms with Crippen molar-refractivity contribution in [2.45, 2.75) is 0 Å². The molecule has 0 aliphatic rings. The largest absolute Gasteiger partial charge is 0.509 e. The summed E-state index contributed by atoms with van der Waals surface area (Å²) in [6.07, 6.45) is 1.22. The van der Waals surface area contributed by atoms with Crippen LogP contribution in [0.25, 0.3) is 0 Å². The molecule has 0 aromatic carbocycles. The van der Waals surface area contributed by atoms with E-state index in [1.165, 1.54) is 0 Å². The Morgan fingerprint density at radius 2 is 2.30 bits per heavy atom. The van der Waals surface area contributed by atoms with E-state index in [0.29, 0.717) is 6.61 Å². The normalized spacial score (nSPS) is 9.00. The summed E-state index contributed by atoms with van der Waals surface area (Å²) >= 11 is 6.68. The number of thioether (sulfide) groups is 1. The van der Waals surface area contributed by atoms with Gasteiger partial charge in [0.05, 0.1) is 0 Å². The maximum absolute atomic E-state index is 10.4. The SMILES string of the molecule is CSCCOC(=O)OCCl. The van der Waals surface area contributed by atoms with Crippen molar-refractivity contribution < 1.29 is 14.3 Å². The molecule has 0 saturated heterocycles. The molecular weight excluding hydrogens is 176 g/mol. The zero-order chi connectivity index (χ0) is 7.82. The molecule has 0 atom stereocenters. The molecule has 0 spiro atoms. The summed E-state index contributed by atoms with van der Waals surface area (Å²) in [5.74, 6) is 0.775. The molecule has 5 heteroatoms. The van der Waals surface area contributed by atoms with Crippen LogP contribution in [-0.2, 0) is 9.47 Å². The van der Waals surface area contributed by atoms with Crippen molar-refractivity contribution in [2.24, 2.45) is 0 Å². The van der Waals surface area contributed by atoms with Crippen molar-refractivity contribution >= 4 is 29.5 Å². The minimum atomic E-state index is -0.705. The molecule has 0 amide bonds. The smallest absolute Gasteiger partial charge is 0.433 e. The van der Waals surface area contributed by atoms with Gasteiger partial charge in [-0.3, -0.25) is 0 Å². The van der Waals surface area contributed by atoms with Crippen LogP contribution in [0.1, 0.15) is 0 Å². The number of hydrogen-bond donors (Lipinski definition) is 0. The predicted molar refractivity (Wildman–Crippen MR) is 41.5 cm³/mol. The molecular formula is C5H9ClO3S. The lowest BCUT2D eigenvalue weighted by molar-refractivity contribution is 0.0728. The molecule has 0 saturated carbocycles. The molecule has 60 valence electrons. The minimum Gasteiger partial charge on any atom is -0.433 e. The number of rotatable bonds is 4. The first-order valence-electron chi connectivity index (χ1n) is 2.65. The van der Waals surface area contributed by atoms with Crippen molar-refractivity contribution in [3.05, 3.63) is 0 Å². The Kier molecular flexibility index (Phi) is 6.96. The fourth-order valence-electron chi connectivity index (χ4n) is 0.295. The lowest BCUT2D eigenvalue weighted by Gasteiger charge is -2.00. The standard InChI is InChI=1S/C5H9ClO3S/c1-10-3-2-8-5(7)9-4-6/h2-4H2,1H3. The van der Waals surface area contributed by atoms with E-state index in [1.54, 1.807) is 11.8 Å². The second kappa shape index (κ2) is 7.02. The first kappa shape index (κ1) is 9.91. The number of hydrogen-bond acceptors (Lipinski definition) is 4. The first-order chi connectivity index (χ1) is 4.81. The van der Waals surface area contributed by atoms with E-state index in [-0.39, 0.29) is 6.07 Å². The van der Waals surface area contributed by atoms with E-state index in [9.17, 15) is 4.79 Å². The molecule has 0 heterocycles. The van der Waals surface area contributed by atoms with Gasteiger partial charge in [0, 0.05) is 5.75 Å². The van der Waals surface area contributed by atoms with E-state index in [4.69, 9.17) is 11.6 Å². The fraction of sp³-hybridized carbons (Fsp3) is 0.800. The Morgan fingerprint density at radius 1 is 1.60 bits per heavy atom. The third kappa shape index (κ3) is 6.04. The molecule has 0 aromatic heterocycles. The molecule has 0 radical (unpaired) electrons. The zero-order valence-corrected chi connectivity index (χ0v) is 7.20. The highest BCUT2D eigenvalue weighted by Crippen LogP contribution is 1.93. The summed E-state index contributed by atoms with van der Waals surface area (Å²) in [4.78, 5) is 10.4. The van der Waals surface area contributed by atoms with Gasteiger partial charge in [-0.15, -0.1) is 0 Å². The molecule has 0 unspecified atom stereocenters. The van der Waals surface area contributed by atoms with E-state index >= 15 is 0 Å². The quantitative estimate of drug-likeness (QED) is 0.379. The molecule has 10 heavy (non-hydrogen) atoms. The molecule has 0 N–H and O–H groups in total. The van der Waals surface area contributed by atoms with Crippen molar-refractivity contribution in [3.63, 3.8) is 0 Å². The van der Waals surface area contributed by atoms with Gasteiger partial charge in [0.1, 0.15) is 6.61 Å². The molecule has 0 bridgehead atoms. The van der Waals surface area contributed by atoms with Crippen LogP contribution in [0.4, 0.5) is 4.79 Å². The molecule has 0 aliphatic carbocycles. The summed E-state index contributed by atoms with van der Waals surface area (Å²) in [6, 6.07) is -0.155. The number of carbonyl (C=O) groups excluding carboxylic acids is 1. The Bertz CT molecular complexity index is 98.9. The fourth-order valence-corrected chi connectivity index (χ4v) is 0.634. The Labute approximate surface area is 69.0 Å². The van der Waals surface area contributed by atoms with E-state index in [2.05, 4.69) is 9.47 Å².